The zero-order chi connectivity index (χ0) is 22.2. The van der Waals surface area contributed by atoms with Crippen molar-refractivity contribution in [3.63, 3.8) is 0 Å². The first kappa shape index (κ1) is 22.6. The molecule has 0 aliphatic heterocycles. The summed E-state index contributed by atoms with van der Waals surface area (Å²) in [6, 6.07) is 19.4. The number of hydrogen-bond donors (Lipinski definition) is 0. The second-order valence-electron chi connectivity index (χ2n) is 9.21. The first-order valence-corrected chi connectivity index (χ1v) is 12.2. The summed E-state index contributed by atoms with van der Waals surface area (Å²) < 4.78 is 12.3. The summed E-state index contributed by atoms with van der Waals surface area (Å²) in [5.74, 6) is -0.484. The molecule has 2 aromatic rings. The lowest BCUT2D eigenvalue weighted by atomic mass is 9.89. The number of benzene rings is 2. The average Bonchev–Trinajstić information content (AvgIpc) is 2.88. The van der Waals surface area contributed by atoms with Crippen LogP contribution < -0.4 is 0 Å². The number of carbonyl (C=O) groups is 2. The van der Waals surface area contributed by atoms with Crippen molar-refractivity contribution < 1.29 is 19.1 Å². The Balaban J connectivity index is 1.62. The van der Waals surface area contributed by atoms with Gasteiger partial charge in [0.2, 0.25) is 0 Å². The van der Waals surface area contributed by atoms with E-state index in [2.05, 4.69) is 0 Å². The minimum absolute atomic E-state index is 0.0690. The molecule has 4 nitrogen and oxygen atoms in total. The molecule has 0 heterocycles. The molecule has 2 atom stereocenters. The molecule has 4 rings (SSSR count). The van der Waals surface area contributed by atoms with Gasteiger partial charge in [-0.1, -0.05) is 99.2 Å². The third kappa shape index (κ3) is 5.79. The number of esters is 2. The van der Waals surface area contributed by atoms with Gasteiger partial charge < -0.3 is 9.47 Å². The van der Waals surface area contributed by atoms with Crippen LogP contribution in [0.15, 0.2) is 60.7 Å². The fourth-order valence-electron chi connectivity index (χ4n) is 5.01. The lowest BCUT2D eigenvalue weighted by Gasteiger charge is -2.31. The zero-order valence-electron chi connectivity index (χ0n) is 18.8. The van der Waals surface area contributed by atoms with Crippen molar-refractivity contribution in [3.05, 3.63) is 71.8 Å². The highest BCUT2D eigenvalue weighted by Gasteiger charge is 2.36. The van der Waals surface area contributed by atoms with Crippen molar-refractivity contribution in [3.8, 4) is 0 Å². The monoisotopic (exact) mass is 434 g/mol. The largest absolute Gasteiger partial charge is 0.453 e. The first-order chi connectivity index (χ1) is 15.7. The maximum atomic E-state index is 13.1. The van der Waals surface area contributed by atoms with Crippen LogP contribution in [-0.4, -0.2) is 11.9 Å². The highest BCUT2D eigenvalue weighted by atomic mass is 16.6. The average molecular weight is 435 g/mol. The van der Waals surface area contributed by atoms with Gasteiger partial charge in [-0.2, -0.15) is 0 Å². The second-order valence-corrected chi connectivity index (χ2v) is 9.21. The molecule has 2 aliphatic rings. The SMILES string of the molecule is O=C(O[C@H](c1ccccc1)[C@H](OC(=O)C1CCCCC1)c1ccccc1)C1CCCCC1. The van der Waals surface area contributed by atoms with Gasteiger partial charge in [0.15, 0.2) is 12.2 Å². The summed E-state index contributed by atoms with van der Waals surface area (Å²) in [6.45, 7) is 0. The maximum Gasteiger partial charge on any atom is 0.309 e. The van der Waals surface area contributed by atoms with E-state index in [1.54, 1.807) is 0 Å². The van der Waals surface area contributed by atoms with Crippen LogP contribution in [0.1, 0.15) is 87.5 Å². The van der Waals surface area contributed by atoms with Gasteiger partial charge >= 0.3 is 11.9 Å². The summed E-state index contributed by atoms with van der Waals surface area (Å²) in [7, 11) is 0. The van der Waals surface area contributed by atoms with E-state index in [0.717, 1.165) is 62.5 Å². The standard InChI is InChI=1S/C28H34O4/c29-27(23-17-9-3-10-18-23)31-25(21-13-5-1-6-14-21)26(22-15-7-2-8-16-22)32-28(30)24-19-11-4-12-20-24/h1-2,5-8,13-16,23-26H,3-4,9-12,17-20H2/t25-,26-/m1/s1. The number of rotatable bonds is 7. The van der Waals surface area contributed by atoms with Crippen LogP contribution in [0.4, 0.5) is 0 Å². The smallest absolute Gasteiger partial charge is 0.309 e. The van der Waals surface area contributed by atoms with Gasteiger partial charge in [-0.3, -0.25) is 9.59 Å². The molecule has 0 amide bonds. The van der Waals surface area contributed by atoms with Crippen molar-refractivity contribution in [1.29, 1.82) is 0 Å². The van der Waals surface area contributed by atoms with Gasteiger partial charge in [0, 0.05) is 0 Å². The Labute approximate surface area is 191 Å². The molecule has 170 valence electrons. The molecule has 4 heteroatoms. The van der Waals surface area contributed by atoms with E-state index in [1.165, 1.54) is 12.8 Å². The van der Waals surface area contributed by atoms with E-state index in [-0.39, 0.29) is 23.8 Å². The molecule has 0 bridgehead atoms. The molecule has 0 radical (unpaired) electrons. The van der Waals surface area contributed by atoms with Crippen molar-refractivity contribution in [2.24, 2.45) is 11.8 Å². The van der Waals surface area contributed by atoms with E-state index in [4.69, 9.17) is 9.47 Å². The van der Waals surface area contributed by atoms with Crippen LogP contribution in [0, 0.1) is 11.8 Å². The van der Waals surface area contributed by atoms with Gasteiger partial charge in [0.1, 0.15) is 0 Å². The topological polar surface area (TPSA) is 52.6 Å². The Morgan fingerprint density at radius 2 is 0.906 bits per heavy atom. The van der Waals surface area contributed by atoms with Crippen LogP contribution in [0.3, 0.4) is 0 Å². The minimum atomic E-state index is -0.666. The molecule has 0 unspecified atom stereocenters. The van der Waals surface area contributed by atoms with Crippen LogP contribution in [-0.2, 0) is 19.1 Å². The lowest BCUT2D eigenvalue weighted by Crippen LogP contribution is -2.29. The predicted molar refractivity (Wildman–Crippen MR) is 124 cm³/mol. The van der Waals surface area contributed by atoms with Gasteiger partial charge in [-0.05, 0) is 36.8 Å². The molecule has 0 aromatic heterocycles. The van der Waals surface area contributed by atoms with E-state index in [1.807, 2.05) is 60.7 Å². The Bertz CT molecular complexity index is 778. The predicted octanol–water partition coefficient (Wildman–Crippen LogP) is 6.72. The number of hydrogen-bond acceptors (Lipinski definition) is 4. The molecular formula is C28H34O4. The molecule has 2 saturated carbocycles. The van der Waals surface area contributed by atoms with E-state index < -0.39 is 12.2 Å². The van der Waals surface area contributed by atoms with Gasteiger partial charge in [0.05, 0.1) is 11.8 Å². The van der Waals surface area contributed by atoms with Gasteiger partial charge in [-0.25, -0.2) is 0 Å². The summed E-state index contributed by atoms with van der Waals surface area (Å²) in [6.07, 6.45) is 8.77. The van der Waals surface area contributed by atoms with Crippen LogP contribution in [0.2, 0.25) is 0 Å². The molecular weight excluding hydrogens is 400 g/mol. The van der Waals surface area contributed by atoms with Crippen molar-refractivity contribution in [2.75, 3.05) is 0 Å². The van der Waals surface area contributed by atoms with E-state index in [0.29, 0.717) is 0 Å². The second kappa shape index (κ2) is 11.3. The third-order valence-electron chi connectivity index (χ3n) is 6.89. The summed E-state index contributed by atoms with van der Waals surface area (Å²) in [4.78, 5) is 26.3. The fourth-order valence-corrected chi connectivity index (χ4v) is 5.01. The van der Waals surface area contributed by atoms with Crippen LogP contribution in [0.5, 0.6) is 0 Å². The van der Waals surface area contributed by atoms with Gasteiger partial charge in [-0.15, -0.1) is 0 Å². The lowest BCUT2D eigenvalue weighted by molar-refractivity contribution is -0.176. The molecule has 0 spiro atoms. The maximum absolute atomic E-state index is 13.1. The molecule has 2 fully saturated rings. The quantitative estimate of drug-likeness (QED) is 0.454. The molecule has 2 aliphatic carbocycles. The van der Waals surface area contributed by atoms with Crippen molar-refractivity contribution >= 4 is 11.9 Å². The van der Waals surface area contributed by atoms with Crippen LogP contribution >= 0.6 is 0 Å². The molecule has 0 N–H and O–H groups in total. The first-order valence-electron chi connectivity index (χ1n) is 12.2. The highest BCUT2D eigenvalue weighted by Crippen LogP contribution is 2.38. The molecule has 2 aromatic carbocycles. The number of ether oxygens (including phenoxy) is 2. The Hall–Kier alpha value is -2.62. The summed E-state index contributed by atoms with van der Waals surface area (Å²) in [5.41, 5.74) is 1.70. The number of carbonyl (C=O) groups excluding carboxylic acids is 2. The zero-order valence-corrected chi connectivity index (χ0v) is 18.8. The Kier molecular flexibility index (Phi) is 7.97. The van der Waals surface area contributed by atoms with Gasteiger partial charge in [0.25, 0.3) is 0 Å². The molecule has 32 heavy (non-hydrogen) atoms. The minimum Gasteiger partial charge on any atom is -0.453 e. The van der Waals surface area contributed by atoms with E-state index >= 15 is 0 Å². The summed E-state index contributed by atoms with van der Waals surface area (Å²) in [5, 5.41) is 0. The van der Waals surface area contributed by atoms with E-state index in [9.17, 15) is 9.59 Å². The molecule has 0 saturated heterocycles. The summed E-state index contributed by atoms with van der Waals surface area (Å²) >= 11 is 0. The van der Waals surface area contributed by atoms with Crippen LogP contribution in [0.25, 0.3) is 0 Å². The Morgan fingerprint density at radius 3 is 1.25 bits per heavy atom. The Morgan fingerprint density at radius 1 is 0.562 bits per heavy atom. The fraction of sp³-hybridized carbons (Fsp3) is 0.500. The van der Waals surface area contributed by atoms with Crippen molar-refractivity contribution in [2.45, 2.75) is 76.4 Å². The van der Waals surface area contributed by atoms with Crippen molar-refractivity contribution in [1.82, 2.24) is 0 Å². The third-order valence-corrected chi connectivity index (χ3v) is 6.89. The highest BCUT2D eigenvalue weighted by molar-refractivity contribution is 5.74. The normalized spacial score (nSPS) is 19.6.